The van der Waals surface area contributed by atoms with Gasteiger partial charge >= 0.3 is 5.97 Å². The lowest BCUT2D eigenvalue weighted by atomic mass is 9.77. The number of hydrogen-bond donors (Lipinski definition) is 0. The molecule has 1 aliphatic rings. The van der Waals surface area contributed by atoms with Crippen LogP contribution in [0.15, 0.2) is 24.3 Å². The highest BCUT2D eigenvalue weighted by Crippen LogP contribution is 2.45. The molecule has 0 radical (unpaired) electrons. The number of benzene rings is 1. The smallest absolute Gasteiger partial charge is 0.306 e. The van der Waals surface area contributed by atoms with E-state index in [9.17, 15) is 4.79 Å². The highest BCUT2D eigenvalue weighted by molar-refractivity contribution is 5.70. The Morgan fingerprint density at radius 1 is 1.19 bits per heavy atom. The van der Waals surface area contributed by atoms with E-state index in [0.717, 1.165) is 31.4 Å². The molecule has 1 aromatic rings. The molecule has 1 fully saturated rings. The first-order valence-corrected chi connectivity index (χ1v) is 7.96. The minimum atomic E-state index is -0.0332. The van der Waals surface area contributed by atoms with Crippen molar-refractivity contribution in [3.05, 3.63) is 29.8 Å². The van der Waals surface area contributed by atoms with Crippen LogP contribution in [0.4, 0.5) is 0 Å². The molecule has 0 aromatic heterocycles. The number of hydrogen-bond acceptors (Lipinski definition) is 3. The summed E-state index contributed by atoms with van der Waals surface area (Å²) in [7, 11) is 1.68. The van der Waals surface area contributed by atoms with Crippen molar-refractivity contribution in [3.8, 4) is 5.75 Å². The van der Waals surface area contributed by atoms with E-state index >= 15 is 0 Å². The second-order valence-electron chi connectivity index (χ2n) is 6.04. The molecule has 0 atom stereocenters. The van der Waals surface area contributed by atoms with Gasteiger partial charge in [0, 0.05) is 0 Å². The van der Waals surface area contributed by atoms with Gasteiger partial charge in [-0.15, -0.1) is 0 Å². The van der Waals surface area contributed by atoms with Crippen LogP contribution in [-0.4, -0.2) is 19.7 Å². The topological polar surface area (TPSA) is 35.5 Å². The van der Waals surface area contributed by atoms with Crippen LogP contribution < -0.4 is 4.74 Å². The molecule has 3 heteroatoms. The summed E-state index contributed by atoms with van der Waals surface area (Å²) in [5.41, 5.74) is 1.47. The third-order valence-corrected chi connectivity index (χ3v) is 4.59. The van der Waals surface area contributed by atoms with E-state index in [1.54, 1.807) is 7.11 Å². The van der Waals surface area contributed by atoms with Crippen molar-refractivity contribution < 1.29 is 14.3 Å². The van der Waals surface area contributed by atoms with Gasteiger partial charge in [-0.05, 0) is 55.7 Å². The van der Waals surface area contributed by atoms with Gasteiger partial charge in [0.15, 0.2) is 0 Å². The van der Waals surface area contributed by atoms with Gasteiger partial charge < -0.3 is 9.47 Å². The van der Waals surface area contributed by atoms with Gasteiger partial charge in [-0.25, -0.2) is 0 Å². The molecule has 1 aromatic carbocycles. The summed E-state index contributed by atoms with van der Waals surface area (Å²) in [4.78, 5) is 11.9. The van der Waals surface area contributed by atoms with Crippen LogP contribution in [0.3, 0.4) is 0 Å². The second-order valence-corrected chi connectivity index (χ2v) is 6.04. The van der Waals surface area contributed by atoms with Crippen molar-refractivity contribution in [1.82, 2.24) is 0 Å². The first-order valence-electron chi connectivity index (χ1n) is 7.96. The molecule has 0 heterocycles. The number of methoxy groups -OCH3 is 1. The number of ether oxygens (including phenoxy) is 2. The molecule has 0 aliphatic heterocycles. The summed E-state index contributed by atoms with van der Waals surface area (Å²) in [5, 5.41) is 0. The van der Waals surface area contributed by atoms with Gasteiger partial charge in [-0.3, -0.25) is 4.79 Å². The van der Waals surface area contributed by atoms with E-state index in [2.05, 4.69) is 12.1 Å². The summed E-state index contributed by atoms with van der Waals surface area (Å²) in [6.45, 7) is 2.35. The first kappa shape index (κ1) is 15.9. The van der Waals surface area contributed by atoms with Crippen LogP contribution in [0, 0.1) is 5.41 Å². The molecule has 0 spiro atoms. The van der Waals surface area contributed by atoms with Crippen molar-refractivity contribution in [3.63, 3.8) is 0 Å². The fourth-order valence-electron chi connectivity index (χ4n) is 3.36. The number of rotatable bonds is 7. The maximum atomic E-state index is 11.9. The lowest BCUT2D eigenvalue weighted by Gasteiger charge is -2.28. The fourth-order valence-corrected chi connectivity index (χ4v) is 3.36. The Balaban J connectivity index is 1.94. The minimum absolute atomic E-state index is 0.0332. The predicted octanol–water partition coefficient (Wildman–Crippen LogP) is 4.14. The highest BCUT2D eigenvalue weighted by atomic mass is 16.5. The molecule has 0 N–H and O–H groups in total. The number of aryl methyl sites for hydroxylation is 1. The molecule has 0 bridgehead atoms. The average molecular weight is 290 g/mol. The predicted molar refractivity (Wildman–Crippen MR) is 83.5 cm³/mol. The minimum Gasteiger partial charge on any atom is -0.497 e. The monoisotopic (exact) mass is 290 g/mol. The first-order chi connectivity index (χ1) is 10.2. The van der Waals surface area contributed by atoms with Gasteiger partial charge in [0.1, 0.15) is 5.75 Å². The SMILES string of the molecule is CCOC(=O)CC1(CCc2ccc(OC)cc2)CCCC1. The second kappa shape index (κ2) is 7.48. The van der Waals surface area contributed by atoms with Gasteiger partial charge in [-0.1, -0.05) is 25.0 Å². The van der Waals surface area contributed by atoms with Crippen molar-refractivity contribution in [2.24, 2.45) is 5.41 Å². The van der Waals surface area contributed by atoms with Crippen molar-refractivity contribution >= 4 is 5.97 Å². The van der Waals surface area contributed by atoms with E-state index in [-0.39, 0.29) is 11.4 Å². The molecule has 3 nitrogen and oxygen atoms in total. The van der Waals surface area contributed by atoms with Crippen LogP contribution in [0.25, 0.3) is 0 Å². The van der Waals surface area contributed by atoms with E-state index in [1.807, 2.05) is 19.1 Å². The molecule has 116 valence electrons. The average Bonchev–Trinajstić information content (AvgIpc) is 2.95. The van der Waals surface area contributed by atoms with E-state index in [4.69, 9.17) is 9.47 Å². The largest absolute Gasteiger partial charge is 0.497 e. The Kier molecular flexibility index (Phi) is 5.66. The Hall–Kier alpha value is -1.51. The summed E-state index contributed by atoms with van der Waals surface area (Å²) < 4.78 is 10.3. The standard InChI is InChI=1S/C18H26O3/c1-3-21-17(19)14-18(11-4-5-12-18)13-10-15-6-8-16(20-2)9-7-15/h6-9H,3-5,10-14H2,1-2H3. The molecule has 1 saturated carbocycles. The van der Waals surface area contributed by atoms with Crippen LogP contribution in [-0.2, 0) is 16.0 Å². The van der Waals surface area contributed by atoms with Crippen molar-refractivity contribution in [2.45, 2.75) is 51.9 Å². The fraction of sp³-hybridized carbons (Fsp3) is 0.611. The van der Waals surface area contributed by atoms with E-state index < -0.39 is 0 Å². The molecule has 0 unspecified atom stereocenters. The van der Waals surface area contributed by atoms with Gasteiger partial charge in [-0.2, -0.15) is 0 Å². The molecular formula is C18H26O3. The summed E-state index contributed by atoms with van der Waals surface area (Å²) >= 11 is 0. The summed E-state index contributed by atoms with van der Waals surface area (Å²) in [5.74, 6) is 0.856. The molecule has 0 saturated heterocycles. The zero-order valence-electron chi connectivity index (χ0n) is 13.2. The lowest BCUT2D eigenvalue weighted by Crippen LogP contribution is -2.23. The Labute approximate surface area is 127 Å². The lowest BCUT2D eigenvalue weighted by molar-refractivity contribution is -0.146. The third kappa shape index (κ3) is 4.48. The maximum Gasteiger partial charge on any atom is 0.306 e. The molecule has 2 rings (SSSR count). The number of esters is 1. The van der Waals surface area contributed by atoms with Gasteiger partial charge in [0.05, 0.1) is 20.1 Å². The van der Waals surface area contributed by atoms with Crippen LogP contribution in [0.2, 0.25) is 0 Å². The molecule has 21 heavy (non-hydrogen) atoms. The summed E-state index contributed by atoms with van der Waals surface area (Å²) in [6, 6.07) is 8.24. The van der Waals surface area contributed by atoms with Crippen molar-refractivity contribution in [2.75, 3.05) is 13.7 Å². The zero-order valence-corrected chi connectivity index (χ0v) is 13.2. The zero-order chi connectivity index (χ0) is 15.1. The summed E-state index contributed by atoms with van der Waals surface area (Å²) in [6.07, 6.45) is 7.45. The van der Waals surface area contributed by atoms with Crippen LogP contribution >= 0.6 is 0 Å². The number of carbonyl (C=O) groups is 1. The van der Waals surface area contributed by atoms with Crippen LogP contribution in [0.5, 0.6) is 5.75 Å². The number of carbonyl (C=O) groups excluding carboxylic acids is 1. The normalized spacial score (nSPS) is 16.7. The van der Waals surface area contributed by atoms with E-state index in [0.29, 0.717) is 13.0 Å². The molecule has 0 amide bonds. The Morgan fingerprint density at radius 2 is 1.86 bits per heavy atom. The molecular weight excluding hydrogens is 264 g/mol. The van der Waals surface area contributed by atoms with Gasteiger partial charge in [0.2, 0.25) is 0 Å². The Morgan fingerprint density at radius 3 is 2.43 bits per heavy atom. The van der Waals surface area contributed by atoms with E-state index in [1.165, 1.54) is 18.4 Å². The maximum absolute atomic E-state index is 11.9. The Bertz CT molecular complexity index is 444. The highest BCUT2D eigenvalue weighted by Gasteiger charge is 2.36. The van der Waals surface area contributed by atoms with Gasteiger partial charge in [0.25, 0.3) is 0 Å². The third-order valence-electron chi connectivity index (χ3n) is 4.59. The quantitative estimate of drug-likeness (QED) is 0.708. The molecule has 1 aliphatic carbocycles. The van der Waals surface area contributed by atoms with Crippen molar-refractivity contribution in [1.29, 1.82) is 0 Å². The van der Waals surface area contributed by atoms with Crippen LogP contribution in [0.1, 0.15) is 51.0 Å².